The molecule has 0 heterocycles. The van der Waals surface area contributed by atoms with Crippen LogP contribution in [0.2, 0.25) is 0 Å². The van der Waals surface area contributed by atoms with Crippen LogP contribution in [0.25, 0.3) is 0 Å². The maximum absolute atomic E-state index is 4.57. The highest BCUT2D eigenvalue weighted by Gasteiger charge is 1.87. The summed E-state index contributed by atoms with van der Waals surface area (Å²) in [5.41, 5.74) is 0. The Kier molecular flexibility index (Phi) is 3.89. The first kappa shape index (κ1) is 6.44. The molecule has 1 atom stereocenters. The van der Waals surface area contributed by atoms with E-state index in [0.717, 1.165) is 6.42 Å². The molecule has 0 rings (SSSR count). The van der Waals surface area contributed by atoms with Gasteiger partial charge >= 0.3 is 0 Å². The molecule has 0 fully saturated rings. The van der Waals surface area contributed by atoms with Crippen LogP contribution in [0.1, 0.15) is 13.3 Å². The zero-order valence-electron chi connectivity index (χ0n) is 3.72. The van der Waals surface area contributed by atoms with Gasteiger partial charge in [-0.25, -0.2) is 0 Å². The second-order valence-corrected chi connectivity index (χ2v) is 2.05. The number of rotatable bonds is 2. The number of hydrogen-bond donors (Lipinski definition) is 1. The fraction of sp³-hybridized carbons (Fsp3) is 0.750. The summed E-state index contributed by atoms with van der Waals surface area (Å²) in [6.45, 7) is 2.06. The zero-order chi connectivity index (χ0) is 4.99. The average molecular weight is 120 g/mol. The van der Waals surface area contributed by atoms with E-state index in [-0.39, 0.29) is 0 Å². The standard InChI is InChI=1S/C4H8S2/c1-2-4(6)3-5/h3-4,6H,2H2,1H3. The third-order valence-corrected chi connectivity index (χ3v) is 1.62. The van der Waals surface area contributed by atoms with E-state index in [1.165, 1.54) is 0 Å². The van der Waals surface area contributed by atoms with Crippen LogP contribution < -0.4 is 0 Å². The van der Waals surface area contributed by atoms with Crippen molar-refractivity contribution in [3.8, 4) is 0 Å². The molecule has 0 N–H and O–H groups in total. The van der Waals surface area contributed by atoms with Crippen LogP contribution in [0, 0.1) is 0 Å². The smallest absolute Gasteiger partial charge is 0.0297 e. The van der Waals surface area contributed by atoms with Crippen molar-refractivity contribution in [2.75, 3.05) is 0 Å². The van der Waals surface area contributed by atoms with Crippen molar-refractivity contribution in [1.82, 2.24) is 0 Å². The molecule has 0 aliphatic rings. The number of thiol groups is 1. The van der Waals surface area contributed by atoms with Gasteiger partial charge in [0.1, 0.15) is 0 Å². The maximum atomic E-state index is 4.57. The summed E-state index contributed by atoms with van der Waals surface area (Å²) < 4.78 is 0. The lowest BCUT2D eigenvalue weighted by Gasteiger charge is -1.91. The molecular weight excluding hydrogens is 112 g/mol. The van der Waals surface area contributed by atoms with Crippen molar-refractivity contribution in [2.24, 2.45) is 0 Å². The third-order valence-electron chi connectivity index (χ3n) is 0.575. The normalized spacial score (nSPS) is 13.7. The zero-order valence-corrected chi connectivity index (χ0v) is 5.43. The molecule has 0 aromatic carbocycles. The van der Waals surface area contributed by atoms with Gasteiger partial charge in [-0.2, -0.15) is 12.6 Å². The summed E-state index contributed by atoms with van der Waals surface area (Å²) in [7, 11) is 0. The summed E-state index contributed by atoms with van der Waals surface area (Å²) in [6, 6.07) is 0. The molecule has 1 unspecified atom stereocenters. The lowest BCUT2D eigenvalue weighted by Crippen LogP contribution is -1.92. The minimum atomic E-state index is 0.319. The molecule has 6 heavy (non-hydrogen) atoms. The van der Waals surface area contributed by atoms with Crippen molar-refractivity contribution in [1.29, 1.82) is 0 Å². The highest BCUT2D eigenvalue weighted by atomic mass is 32.1. The Hall–Kier alpha value is 0.440. The first-order chi connectivity index (χ1) is 2.81. The molecule has 0 saturated carbocycles. The van der Waals surface area contributed by atoms with E-state index < -0.39 is 0 Å². The lowest BCUT2D eigenvalue weighted by molar-refractivity contribution is 1.04. The second-order valence-electron chi connectivity index (χ2n) is 1.11. The number of hydrogen-bond acceptors (Lipinski definition) is 2. The molecule has 36 valence electrons. The van der Waals surface area contributed by atoms with Crippen molar-refractivity contribution < 1.29 is 0 Å². The molecule has 0 amide bonds. The molecule has 0 aliphatic carbocycles. The van der Waals surface area contributed by atoms with Gasteiger partial charge in [0.05, 0.1) is 0 Å². The molecule has 0 aromatic heterocycles. The maximum Gasteiger partial charge on any atom is 0.0297 e. The SMILES string of the molecule is CCC(S)C=S. The van der Waals surface area contributed by atoms with Crippen LogP contribution in [0.3, 0.4) is 0 Å². The molecular formula is C4H8S2. The van der Waals surface area contributed by atoms with E-state index in [0.29, 0.717) is 5.25 Å². The van der Waals surface area contributed by atoms with Crippen LogP contribution >= 0.6 is 24.8 Å². The highest BCUT2D eigenvalue weighted by molar-refractivity contribution is 7.85. The van der Waals surface area contributed by atoms with Crippen LogP contribution in [0.5, 0.6) is 0 Å². The van der Waals surface area contributed by atoms with Crippen molar-refractivity contribution in [3.63, 3.8) is 0 Å². The van der Waals surface area contributed by atoms with Gasteiger partial charge in [-0.05, 0) is 11.8 Å². The number of thiocarbonyl (C=S) groups is 1. The van der Waals surface area contributed by atoms with Gasteiger partial charge in [-0.3, -0.25) is 0 Å². The Morgan fingerprint density at radius 3 is 2.50 bits per heavy atom. The van der Waals surface area contributed by atoms with Crippen molar-refractivity contribution >= 4 is 30.2 Å². The van der Waals surface area contributed by atoms with E-state index in [2.05, 4.69) is 31.8 Å². The molecule has 0 aromatic rings. The first-order valence-electron chi connectivity index (χ1n) is 1.94. The fourth-order valence-electron chi connectivity index (χ4n) is 0.0962. The minimum Gasteiger partial charge on any atom is -0.171 e. The van der Waals surface area contributed by atoms with E-state index in [1.807, 2.05) is 0 Å². The van der Waals surface area contributed by atoms with Gasteiger partial charge in [0.2, 0.25) is 0 Å². The van der Waals surface area contributed by atoms with Gasteiger partial charge in [0.25, 0.3) is 0 Å². The highest BCUT2D eigenvalue weighted by Crippen LogP contribution is 1.94. The van der Waals surface area contributed by atoms with Gasteiger partial charge < -0.3 is 0 Å². The fourth-order valence-corrected chi connectivity index (χ4v) is 0.289. The Labute approximate surface area is 49.3 Å². The summed E-state index contributed by atoms with van der Waals surface area (Å²) in [5.74, 6) is 0. The Bertz CT molecular complexity index is 42.8. The predicted molar refractivity (Wildman–Crippen MR) is 36.7 cm³/mol. The molecule has 0 bridgehead atoms. The summed E-state index contributed by atoms with van der Waals surface area (Å²) >= 11 is 8.64. The summed E-state index contributed by atoms with van der Waals surface area (Å²) in [4.78, 5) is 0. The average Bonchev–Trinajstić information content (AvgIpc) is 1.65. The van der Waals surface area contributed by atoms with Crippen LogP contribution in [0.4, 0.5) is 0 Å². The Morgan fingerprint density at radius 1 is 2.00 bits per heavy atom. The molecule has 2 heteroatoms. The predicted octanol–water partition coefficient (Wildman–Crippen LogP) is 1.69. The molecule has 0 spiro atoms. The molecule has 0 saturated heterocycles. The summed E-state index contributed by atoms with van der Waals surface area (Å²) in [5, 5.41) is 1.99. The summed E-state index contributed by atoms with van der Waals surface area (Å²) in [6.07, 6.45) is 1.03. The molecule has 0 nitrogen and oxygen atoms in total. The minimum absolute atomic E-state index is 0.319. The van der Waals surface area contributed by atoms with Gasteiger partial charge in [0.15, 0.2) is 0 Å². The Morgan fingerprint density at radius 2 is 2.50 bits per heavy atom. The molecule has 0 radical (unpaired) electrons. The second kappa shape index (κ2) is 3.62. The van der Waals surface area contributed by atoms with Gasteiger partial charge in [0, 0.05) is 5.25 Å². The largest absolute Gasteiger partial charge is 0.171 e. The van der Waals surface area contributed by atoms with Crippen LogP contribution in [-0.4, -0.2) is 10.6 Å². The third kappa shape index (κ3) is 2.67. The van der Waals surface area contributed by atoms with Crippen LogP contribution in [0.15, 0.2) is 0 Å². The van der Waals surface area contributed by atoms with E-state index in [1.54, 1.807) is 5.37 Å². The van der Waals surface area contributed by atoms with Crippen LogP contribution in [-0.2, 0) is 0 Å². The monoisotopic (exact) mass is 120 g/mol. The van der Waals surface area contributed by atoms with Crippen molar-refractivity contribution in [2.45, 2.75) is 18.6 Å². The Balaban J connectivity index is 2.96. The van der Waals surface area contributed by atoms with E-state index in [4.69, 9.17) is 0 Å². The van der Waals surface area contributed by atoms with Gasteiger partial charge in [-0.1, -0.05) is 19.1 Å². The van der Waals surface area contributed by atoms with E-state index in [9.17, 15) is 0 Å². The quantitative estimate of drug-likeness (QED) is 0.427. The van der Waals surface area contributed by atoms with Crippen molar-refractivity contribution in [3.05, 3.63) is 0 Å². The first-order valence-corrected chi connectivity index (χ1v) is 2.93. The van der Waals surface area contributed by atoms with E-state index >= 15 is 0 Å². The topological polar surface area (TPSA) is 0 Å². The lowest BCUT2D eigenvalue weighted by atomic mass is 10.4. The van der Waals surface area contributed by atoms with Gasteiger partial charge in [-0.15, -0.1) is 0 Å². The molecule has 0 aliphatic heterocycles.